The third kappa shape index (κ3) is 55.2. The van der Waals surface area contributed by atoms with E-state index in [0.29, 0.717) is 19.4 Å². The van der Waals surface area contributed by atoms with Gasteiger partial charge in [0.2, 0.25) is 5.91 Å². The number of carbonyl (C=O) groups is 2. The van der Waals surface area contributed by atoms with Gasteiger partial charge in [-0.1, -0.05) is 288 Å². The van der Waals surface area contributed by atoms with Crippen molar-refractivity contribution in [3.63, 3.8) is 0 Å². The van der Waals surface area contributed by atoms with Crippen molar-refractivity contribution in [3.8, 4) is 0 Å². The van der Waals surface area contributed by atoms with E-state index < -0.39 is 12.1 Å². The molecule has 1 amide bonds. The molecule has 0 aliphatic heterocycles. The van der Waals surface area contributed by atoms with E-state index in [0.717, 1.165) is 51.4 Å². The Morgan fingerprint density at radius 2 is 0.725 bits per heavy atom. The molecule has 0 rings (SSSR count). The quantitative estimate of drug-likeness (QED) is 0.0321. The number of ether oxygens (including phenoxy) is 1. The van der Waals surface area contributed by atoms with Gasteiger partial charge in [0.1, 0.15) is 0 Å². The van der Waals surface area contributed by atoms with E-state index in [1.54, 1.807) is 6.08 Å². The van der Waals surface area contributed by atoms with Crippen molar-refractivity contribution in [3.05, 3.63) is 36.5 Å². The SMILES string of the molecule is CCCCC/C=C\C/C=C\CCCCCCCC(=O)OCCCCCCCCCCCCCCCCCCCCCCCCCCC(=O)NC(CO)C(O)/C=C/CCCCCCCCCCCCC. The predicted molar refractivity (Wildman–Crippen MR) is 301 cm³/mol. The maximum absolute atomic E-state index is 12.4. The minimum atomic E-state index is -0.843. The van der Waals surface area contributed by atoms with E-state index in [1.807, 2.05) is 6.08 Å². The number of aliphatic hydroxyl groups excluding tert-OH is 2. The molecule has 0 heterocycles. The second kappa shape index (κ2) is 58.6. The molecule has 0 spiro atoms. The van der Waals surface area contributed by atoms with Gasteiger partial charge in [-0.05, 0) is 64.2 Å². The standard InChI is InChI=1S/C63H119NO5/c1-3-5-7-9-11-13-15-17-28-33-37-41-45-49-53-57-63(68)69-58-54-50-46-42-38-34-30-27-25-23-21-19-18-20-22-24-26-29-32-36-40-44-48-52-56-62(67)64-60(59-65)61(66)55-51-47-43-39-35-31-16-14-12-10-8-6-4-2/h11,13,17,28,51,55,60-61,65-66H,3-10,12,14-16,18-27,29-50,52-54,56-59H2,1-2H3,(H,64,67)/b13-11-,28-17-,55-51+. The van der Waals surface area contributed by atoms with Crippen molar-refractivity contribution in [2.24, 2.45) is 0 Å². The lowest BCUT2D eigenvalue weighted by atomic mass is 10.0. The van der Waals surface area contributed by atoms with Crippen molar-refractivity contribution in [2.75, 3.05) is 13.2 Å². The second-order valence-corrected chi connectivity index (χ2v) is 21.0. The molecule has 6 nitrogen and oxygen atoms in total. The fourth-order valence-electron chi connectivity index (χ4n) is 9.43. The van der Waals surface area contributed by atoms with Gasteiger partial charge in [0.25, 0.3) is 0 Å². The monoisotopic (exact) mass is 970 g/mol. The molecule has 2 unspecified atom stereocenters. The normalized spacial score (nSPS) is 12.8. The summed E-state index contributed by atoms with van der Waals surface area (Å²) in [5.74, 6) is -0.0658. The topological polar surface area (TPSA) is 95.9 Å². The molecule has 0 saturated carbocycles. The Kier molecular flexibility index (Phi) is 57.0. The van der Waals surface area contributed by atoms with Crippen LogP contribution in [0.1, 0.15) is 328 Å². The summed E-state index contributed by atoms with van der Waals surface area (Å²) in [6, 6.07) is -0.626. The van der Waals surface area contributed by atoms with Crippen LogP contribution < -0.4 is 5.32 Å². The first-order valence-corrected chi connectivity index (χ1v) is 30.8. The van der Waals surface area contributed by atoms with E-state index in [9.17, 15) is 19.8 Å². The number of aliphatic hydroxyl groups is 2. The van der Waals surface area contributed by atoms with Crippen molar-refractivity contribution in [1.82, 2.24) is 5.32 Å². The number of hydrogen-bond donors (Lipinski definition) is 3. The summed E-state index contributed by atoms with van der Waals surface area (Å²) >= 11 is 0. The van der Waals surface area contributed by atoms with E-state index >= 15 is 0 Å². The predicted octanol–water partition coefficient (Wildman–Crippen LogP) is 19.2. The van der Waals surface area contributed by atoms with Crippen molar-refractivity contribution in [2.45, 2.75) is 341 Å². The molecule has 69 heavy (non-hydrogen) atoms. The van der Waals surface area contributed by atoms with Crippen LogP contribution in [0.3, 0.4) is 0 Å². The van der Waals surface area contributed by atoms with Gasteiger partial charge in [-0.25, -0.2) is 0 Å². The van der Waals surface area contributed by atoms with Crippen LogP contribution in [0.4, 0.5) is 0 Å². The van der Waals surface area contributed by atoms with Gasteiger partial charge < -0.3 is 20.3 Å². The number of hydrogen-bond acceptors (Lipinski definition) is 5. The highest BCUT2D eigenvalue weighted by Gasteiger charge is 2.18. The molecule has 0 aliphatic rings. The highest BCUT2D eigenvalue weighted by Crippen LogP contribution is 2.17. The average Bonchev–Trinajstić information content (AvgIpc) is 3.35. The second-order valence-electron chi connectivity index (χ2n) is 21.0. The summed E-state index contributed by atoms with van der Waals surface area (Å²) < 4.78 is 5.48. The molecule has 0 aromatic carbocycles. The molecule has 3 N–H and O–H groups in total. The zero-order chi connectivity index (χ0) is 50.0. The molecule has 0 saturated heterocycles. The summed E-state index contributed by atoms with van der Waals surface area (Å²) in [6.45, 7) is 4.88. The molecule has 0 aliphatic carbocycles. The Morgan fingerprint density at radius 1 is 0.406 bits per heavy atom. The number of allylic oxidation sites excluding steroid dienone is 5. The van der Waals surface area contributed by atoms with Gasteiger partial charge in [-0.3, -0.25) is 9.59 Å². The Balaban J connectivity index is 3.38. The summed E-state index contributed by atoms with van der Waals surface area (Å²) in [5.41, 5.74) is 0. The molecule has 406 valence electrons. The largest absolute Gasteiger partial charge is 0.466 e. The zero-order valence-corrected chi connectivity index (χ0v) is 46.3. The zero-order valence-electron chi connectivity index (χ0n) is 46.3. The molecule has 0 aromatic rings. The van der Waals surface area contributed by atoms with Crippen LogP contribution in [0.2, 0.25) is 0 Å². The summed E-state index contributed by atoms with van der Waals surface area (Å²) in [6.07, 6.45) is 73.3. The Bertz CT molecular complexity index is 1120. The van der Waals surface area contributed by atoms with Crippen LogP contribution >= 0.6 is 0 Å². The van der Waals surface area contributed by atoms with Crippen LogP contribution in [0, 0.1) is 0 Å². The molecular formula is C63H119NO5. The van der Waals surface area contributed by atoms with Crippen LogP contribution in [-0.4, -0.2) is 47.4 Å². The number of amides is 1. The number of rotatable bonds is 57. The molecule has 0 bridgehead atoms. The van der Waals surface area contributed by atoms with Crippen LogP contribution in [0.25, 0.3) is 0 Å². The smallest absolute Gasteiger partial charge is 0.305 e. The fourth-order valence-corrected chi connectivity index (χ4v) is 9.43. The maximum Gasteiger partial charge on any atom is 0.305 e. The van der Waals surface area contributed by atoms with Gasteiger partial charge in [-0.15, -0.1) is 0 Å². The van der Waals surface area contributed by atoms with Crippen molar-refractivity contribution < 1.29 is 24.5 Å². The van der Waals surface area contributed by atoms with Gasteiger partial charge in [0.05, 0.1) is 25.4 Å². The molecule has 0 radical (unpaired) electrons. The number of nitrogens with one attached hydrogen (secondary N) is 1. The lowest BCUT2D eigenvalue weighted by Gasteiger charge is -2.20. The maximum atomic E-state index is 12.4. The molecule has 0 aromatic heterocycles. The Hall–Kier alpha value is -1.92. The third-order valence-corrected chi connectivity index (χ3v) is 14.2. The van der Waals surface area contributed by atoms with Gasteiger partial charge in [0, 0.05) is 12.8 Å². The van der Waals surface area contributed by atoms with E-state index in [2.05, 4.69) is 43.5 Å². The molecule has 2 atom stereocenters. The van der Waals surface area contributed by atoms with E-state index in [1.165, 1.54) is 250 Å². The average molecular weight is 971 g/mol. The minimum Gasteiger partial charge on any atom is -0.466 e. The van der Waals surface area contributed by atoms with E-state index in [4.69, 9.17) is 4.74 Å². The third-order valence-electron chi connectivity index (χ3n) is 14.2. The highest BCUT2D eigenvalue weighted by molar-refractivity contribution is 5.76. The lowest BCUT2D eigenvalue weighted by Crippen LogP contribution is -2.45. The highest BCUT2D eigenvalue weighted by atomic mass is 16.5. The number of carbonyl (C=O) groups excluding carboxylic acids is 2. The first-order chi connectivity index (χ1) is 34.0. The van der Waals surface area contributed by atoms with Crippen LogP contribution in [0.5, 0.6) is 0 Å². The summed E-state index contributed by atoms with van der Waals surface area (Å²) in [5, 5.41) is 23.1. The first-order valence-electron chi connectivity index (χ1n) is 30.8. The van der Waals surface area contributed by atoms with Gasteiger partial charge in [0.15, 0.2) is 0 Å². The lowest BCUT2D eigenvalue weighted by molar-refractivity contribution is -0.143. The summed E-state index contributed by atoms with van der Waals surface area (Å²) in [7, 11) is 0. The van der Waals surface area contributed by atoms with E-state index in [-0.39, 0.29) is 18.5 Å². The van der Waals surface area contributed by atoms with Crippen LogP contribution in [-0.2, 0) is 14.3 Å². The Labute approximate surface area is 430 Å². The van der Waals surface area contributed by atoms with Crippen molar-refractivity contribution >= 4 is 11.9 Å². The van der Waals surface area contributed by atoms with Gasteiger partial charge >= 0.3 is 5.97 Å². The number of unbranched alkanes of at least 4 members (excludes halogenated alkanes) is 42. The Morgan fingerprint density at radius 3 is 1.13 bits per heavy atom. The van der Waals surface area contributed by atoms with Gasteiger partial charge in [-0.2, -0.15) is 0 Å². The molecule has 0 fully saturated rings. The fraction of sp³-hybridized carbons (Fsp3) is 0.873. The molecule has 6 heteroatoms. The van der Waals surface area contributed by atoms with Crippen molar-refractivity contribution in [1.29, 1.82) is 0 Å². The number of esters is 1. The minimum absolute atomic E-state index is 0.000836. The van der Waals surface area contributed by atoms with Crippen LogP contribution in [0.15, 0.2) is 36.5 Å². The summed E-state index contributed by atoms with van der Waals surface area (Å²) in [4.78, 5) is 24.5. The molecular weight excluding hydrogens is 851 g/mol. The first kappa shape index (κ1) is 67.1.